The molecule has 1 saturated heterocycles. The van der Waals surface area contributed by atoms with Crippen molar-refractivity contribution in [1.29, 1.82) is 0 Å². The van der Waals surface area contributed by atoms with E-state index < -0.39 is 23.7 Å². The first-order chi connectivity index (χ1) is 9.99. The molecule has 0 unspecified atom stereocenters. The lowest BCUT2D eigenvalue weighted by Gasteiger charge is -2.20. The molecule has 7 heteroatoms. The average Bonchev–Trinajstić information content (AvgIpc) is 3.03. The van der Waals surface area contributed by atoms with Crippen LogP contribution >= 0.6 is 22.9 Å². The van der Waals surface area contributed by atoms with E-state index >= 15 is 0 Å². The van der Waals surface area contributed by atoms with Crippen LogP contribution in [0.5, 0.6) is 0 Å². The van der Waals surface area contributed by atoms with Gasteiger partial charge in [0.05, 0.1) is 5.02 Å². The summed E-state index contributed by atoms with van der Waals surface area (Å²) in [7, 11) is 0. The number of aliphatic carboxylic acids is 1. The van der Waals surface area contributed by atoms with E-state index in [1.165, 1.54) is 23.1 Å². The van der Waals surface area contributed by atoms with Crippen molar-refractivity contribution >= 4 is 44.9 Å². The fourth-order valence-corrected chi connectivity index (χ4v) is 4.07. The molecule has 1 atom stereocenters. The molecule has 1 N–H and O–H groups in total. The van der Waals surface area contributed by atoms with Gasteiger partial charge in [0, 0.05) is 16.6 Å². The molecule has 1 aromatic carbocycles. The summed E-state index contributed by atoms with van der Waals surface area (Å²) in [6.07, 6.45) is 1.10. The lowest BCUT2D eigenvalue weighted by molar-refractivity contribution is -0.141. The smallest absolute Gasteiger partial charge is 0.326 e. The van der Waals surface area contributed by atoms with Gasteiger partial charge >= 0.3 is 5.97 Å². The molecule has 1 aliphatic rings. The van der Waals surface area contributed by atoms with E-state index in [1.54, 1.807) is 0 Å². The first-order valence-electron chi connectivity index (χ1n) is 6.40. The number of carbonyl (C=O) groups excluding carboxylic acids is 1. The highest BCUT2D eigenvalue weighted by Gasteiger charge is 2.36. The van der Waals surface area contributed by atoms with E-state index in [0.717, 1.165) is 11.3 Å². The second-order valence-corrected chi connectivity index (χ2v) is 6.31. The van der Waals surface area contributed by atoms with Crippen LogP contribution < -0.4 is 0 Å². The Labute approximate surface area is 128 Å². The Kier molecular flexibility index (Phi) is 3.59. The molecule has 3 rings (SSSR count). The van der Waals surface area contributed by atoms with Crippen molar-refractivity contribution in [3.63, 3.8) is 0 Å². The Morgan fingerprint density at radius 2 is 2.19 bits per heavy atom. The third-order valence-electron chi connectivity index (χ3n) is 3.58. The summed E-state index contributed by atoms with van der Waals surface area (Å²) in [4.78, 5) is 25.3. The molecule has 2 heterocycles. The Morgan fingerprint density at radius 1 is 1.43 bits per heavy atom. The fourth-order valence-electron chi connectivity index (χ4n) is 2.57. The first kappa shape index (κ1) is 14.3. The van der Waals surface area contributed by atoms with Crippen molar-refractivity contribution < 1.29 is 19.1 Å². The van der Waals surface area contributed by atoms with Crippen molar-refractivity contribution in [1.82, 2.24) is 4.90 Å². The van der Waals surface area contributed by atoms with Crippen LogP contribution in [0.1, 0.15) is 22.5 Å². The molecule has 0 aliphatic carbocycles. The number of halogens is 2. The molecule has 0 spiro atoms. The zero-order valence-corrected chi connectivity index (χ0v) is 12.4. The zero-order chi connectivity index (χ0) is 15.1. The summed E-state index contributed by atoms with van der Waals surface area (Å²) in [6, 6.07) is 3.32. The Bertz CT molecular complexity index is 745. The number of amides is 1. The van der Waals surface area contributed by atoms with Gasteiger partial charge in [-0.05, 0) is 31.0 Å². The van der Waals surface area contributed by atoms with Gasteiger partial charge in [-0.25, -0.2) is 9.18 Å². The monoisotopic (exact) mass is 327 g/mol. The summed E-state index contributed by atoms with van der Waals surface area (Å²) in [6.45, 7) is 0.398. The molecule has 0 radical (unpaired) electrons. The summed E-state index contributed by atoms with van der Waals surface area (Å²) < 4.78 is 13.8. The number of hydrogen-bond acceptors (Lipinski definition) is 3. The highest BCUT2D eigenvalue weighted by atomic mass is 35.5. The number of carboxylic acids is 1. The van der Waals surface area contributed by atoms with E-state index in [9.17, 15) is 14.0 Å². The number of fused-ring (bicyclic) bond motifs is 1. The van der Waals surface area contributed by atoms with Gasteiger partial charge in [0.25, 0.3) is 5.91 Å². The molecule has 1 fully saturated rings. The number of thiophene rings is 1. The lowest BCUT2D eigenvalue weighted by atomic mass is 10.2. The third kappa shape index (κ3) is 2.38. The average molecular weight is 328 g/mol. The minimum atomic E-state index is -1.01. The van der Waals surface area contributed by atoms with Crippen molar-refractivity contribution in [3.8, 4) is 0 Å². The van der Waals surface area contributed by atoms with Gasteiger partial charge in [-0.15, -0.1) is 11.3 Å². The normalized spacial score (nSPS) is 18.4. The van der Waals surface area contributed by atoms with E-state index in [4.69, 9.17) is 16.7 Å². The van der Waals surface area contributed by atoms with Crippen molar-refractivity contribution in [2.75, 3.05) is 6.54 Å². The third-order valence-corrected chi connectivity index (χ3v) is 5.23. The number of rotatable bonds is 2. The predicted octanol–water partition coefficient (Wildman–Crippen LogP) is 3.38. The largest absolute Gasteiger partial charge is 0.480 e. The van der Waals surface area contributed by atoms with Gasteiger partial charge in [-0.3, -0.25) is 4.79 Å². The van der Waals surface area contributed by atoms with Crippen LogP contribution in [0.25, 0.3) is 10.1 Å². The molecule has 21 heavy (non-hydrogen) atoms. The van der Waals surface area contributed by atoms with Crippen LogP contribution in [-0.2, 0) is 4.79 Å². The standard InChI is InChI=1S/C14H11ClFNO3S/c15-11-8-4-3-7(16)6-10(8)21-12(11)13(18)17-5-1-2-9(17)14(19)20/h3-4,6,9H,1-2,5H2,(H,19,20)/t9-/m1/s1. The van der Waals surface area contributed by atoms with Crippen molar-refractivity contribution in [2.24, 2.45) is 0 Å². The minimum absolute atomic E-state index is 0.260. The van der Waals surface area contributed by atoms with Crippen LogP contribution in [0.4, 0.5) is 4.39 Å². The molecule has 0 saturated carbocycles. The summed E-state index contributed by atoms with van der Waals surface area (Å²) >= 11 is 7.29. The Hall–Kier alpha value is -1.66. The molecule has 0 bridgehead atoms. The number of carboxylic acid groups (broad SMARTS) is 1. The van der Waals surface area contributed by atoms with E-state index in [2.05, 4.69) is 0 Å². The quantitative estimate of drug-likeness (QED) is 0.920. The SMILES string of the molecule is O=C(O)[C@H]1CCCN1C(=O)c1sc2cc(F)ccc2c1Cl. The predicted molar refractivity (Wildman–Crippen MR) is 78.5 cm³/mol. The number of likely N-dealkylation sites (tertiary alicyclic amines) is 1. The van der Waals surface area contributed by atoms with E-state index in [1.807, 2.05) is 0 Å². The lowest BCUT2D eigenvalue weighted by Crippen LogP contribution is -2.40. The highest BCUT2D eigenvalue weighted by Crippen LogP contribution is 2.37. The fraction of sp³-hybridized carbons (Fsp3) is 0.286. The molecule has 1 amide bonds. The van der Waals surface area contributed by atoms with Crippen LogP contribution in [0, 0.1) is 5.82 Å². The summed E-state index contributed by atoms with van der Waals surface area (Å²) in [5.41, 5.74) is 0. The zero-order valence-electron chi connectivity index (χ0n) is 10.8. The second kappa shape index (κ2) is 5.27. The van der Waals surface area contributed by atoms with Gasteiger partial charge in [0.1, 0.15) is 16.7 Å². The molecular weight excluding hydrogens is 317 g/mol. The number of hydrogen-bond donors (Lipinski definition) is 1. The number of benzene rings is 1. The van der Waals surface area contributed by atoms with Crippen molar-refractivity contribution in [2.45, 2.75) is 18.9 Å². The number of carbonyl (C=O) groups is 2. The Morgan fingerprint density at radius 3 is 2.90 bits per heavy atom. The van der Waals surface area contributed by atoms with Crippen LogP contribution in [-0.4, -0.2) is 34.5 Å². The first-order valence-corrected chi connectivity index (χ1v) is 7.60. The molecular formula is C14H11ClFNO3S. The van der Waals surface area contributed by atoms with Crippen LogP contribution in [0.3, 0.4) is 0 Å². The molecule has 110 valence electrons. The molecule has 1 aliphatic heterocycles. The molecule has 4 nitrogen and oxygen atoms in total. The van der Waals surface area contributed by atoms with E-state index in [-0.39, 0.29) is 9.90 Å². The van der Waals surface area contributed by atoms with Crippen molar-refractivity contribution in [3.05, 3.63) is 33.9 Å². The van der Waals surface area contributed by atoms with Gasteiger partial charge in [0.2, 0.25) is 0 Å². The highest BCUT2D eigenvalue weighted by molar-refractivity contribution is 7.21. The number of nitrogens with zero attached hydrogens (tertiary/aromatic N) is 1. The molecule has 2 aromatic rings. The van der Waals surface area contributed by atoms with E-state index in [0.29, 0.717) is 29.5 Å². The van der Waals surface area contributed by atoms with Crippen LogP contribution in [0.15, 0.2) is 18.2 Å². The second-order valence-electron chi connectivity index (χ2n) is 4.88. The maximum Gasteiger partial charge on any atom is 0.326 e. The van der Waals surface area contributed by atoms with Gasteiger partial charge in [-0.2, -0.15) is 0 Å². The van der Waals surface area contributed by atoms with Gasteiger partial charge in [-0.1, -0.05) is 11.6 Å². The Balaban J connectivity index is 2.02. The maximum atomic E-state index is 13.2. The molecule has 1 aromatic heterocycles. The minimum Gasteiger partial charge on any atom is -0.480 e. The topological polar surface area (TPSA) is 57.6 Å². The maximum absolute atomic E-state index is 13.2. The van der Waals surface area contributed by atoms with Gasteiger partial charge < -0.3 is 10.0 Å². The summed E-state index contributed by atoms with van der Waals surface area (Å²) in [5, 5.41) is 10.0. The van der Waals surface area contributed by atoms with Crippen LogP contribution in [0.2, 0.25) is 5.02 Å². The van der Waals surface area contributed by atoms with Gasteiger partial charge in [0.15, 0.2) is 0 Å². The summed E-state index contributed by atoms with van der Waals surface area (Å²) in [5.74, 6) is -1.81.